The number of hydrogen-bond donors (Lipinski definition) is 2. The maximum absolute atomic E-state index is 10.5. The molecule has 0 fully saturated rings. The van der Waals surface area contributed by atoms with Gasteiger partial charge in [-0.05, 0) is 6.07 Å². The number of rotatable bonds is 1. The van der Waals surface area contributed by atoms with Crippen molar-refractivity contribution in [2.75, 3.05) is 0 Å². The minimum Gasteiger partial charge on any atom is -0.369 e. The van der Waals surface area contributed by atoms with Crippen LogP contribution in [0.1, 0.15) is 6.92 Å². The van der Waals surface area contributed by atoms with Gasteiger partial charge in [0.25, 0.3) is 5.95 Å². The first kappa shape index (κ1) is 9.11. The van der Waals surface area contributed by atoms with Crippen LogP contribution in [0.25, 0.3) is 0 Å². The SMILES string of the molecule is CC(=O)NC(N)=Nc1ncccn1. The number of aromatic nitrogens is 2. The third-order valence-corrected chi connectivity index (χ3v) is 1.08. The third kappa shape index (κ3) is 3.28. The predicted octanol–water partition coefficient (Wildman–Crippen LogP) is -0.441. The number of nitrogens with zero attached hydrogens (tertiary/aromatic N) is 3. The Balaban J connectivity index is 2.71. The van der Waals surface area contributed by atoms with Gasteiger partial charge in [-0.1, -0.05) is 0 Å². The molecule has 0 aliphatic carbocycles. The molecule has 0 aromatic carbocycles. The molecule has 1 aromatic rings. The molecule has 6 nitrogen and oxygen atoms in total. The third-order valence-electron chi connectivity index (χ3n) is 1.08. The van der Waals surface area contributed by atoms with E-state index in [4.69, 9.17) is 5.73 Å². The average molecular weight is 179 g/mol. The van der Waals surface area contributed by atoms with Crippen LogP contribution in [0, 0.1) is 0 Å². The fraction of sp³-hybridized carbons (Fsp3) is 0.143. The first-order valence-corrected chi connectivity index (χ1v) is 3.57. The van der Waals surface area contributed by atoms with Crippen LogP contribution in [0.15, 0.2) is 23.5 Å². The maximum Gasteiger partial charge on any atom is 0.252 e. The van der Waals surface area contributed by atoms with E-state index in [9.17, 15) is 4.79 Å². The zero-order chi connectivity index (χ0) is 9.68. The first-order valence-electron chi connectivity index (χ1n) is 3.57. The fourth-order valence-electron chi connectivity index (χ4n) is 0.665. The minimum absolute atomic E-state index is 0.0151. The van der Waals surface area contributed by atoms with E-state index in [1.165, 1.54) is 19.3 Å². The van der Waals surface area contributed by atoms with Crippen LogP contribution in [-0.2, 0) is 4.79 Å². The summed E-state index contributed by atoms with van der Waals surface area (Å²) in [5.74, 6) is -0.0790. The second-order valence-corrected chi connectivity index (χ2v) is 2.23. The fourth-order valence-corrected chi connectivity index (χ4v) is 0.665. The molecule has 13 heavy (non-hydrogen) atoms. The van der Waals surface area contributed by atoms with Crippen molar-refractivity contribution in [1.82, 2.24) is 15.3 Å². The molecule has 6 heteroatoms. The number of nitrogens with one attached hydrogen (secondary N) is 1. The summed E-state index contributed by atoms with van der Waals surface area (Å²) >= 11 is 0. The van der Waals surface area contributed by atoms with Crippen molar-refractivity contribution in [3.05, 3.63) is 18.5 Å². The van der Waals surface area contributed by atoms with E-state index in [1.807, 2.05) is 0 Å². The number of carbonyl (C=O) groups is 1. The molecule has 0 bridgehead atoms. The standard InChI is InChI=1S/C7H9N5O/c1-5(13)11-6(8)12-7-9-3-2-4-10-7/h2-4H,1H3,(H3,8,9,10,11,12,13). The van der Waals surface area contributed by atoms with Gasteiger partial charge in [0.1, 0.15) is 0 Å². The molecular weight excluding hydrogens is 170 g/mol. The highest BCUT2D eigenvalue weighted by Gasteiger charge is 1.96. The Bertz CT molecular complexity index is 321. The zero-order valence-electron chi connectivity index (χ0n) is 7.06. The monoisotopic (exact) mass is 179 g/mol. The summed E-state index contributed by atoms with van der Waals surface area (Å²) in [6.45, 7) is 1.34. The highest BCUT2D eigenvalue weighted by molar-refractivity contribution is 5.95. The lowest BCUT2D eigenvalue weighted by Gasteiger charge is -1.98. The van der Waals surface area contributed by atoms with Gasteiger partial charge in [0.2, 0.25) is 11.9 Å². The molecule has 0 saturated carbocycles. The normalized spacial score (nSPS) is 11.0. The van der Waals surface area contributed by atoms with Gasteiger partial charge in [0.05, 0.1) is 0 Å². The molecule has 1 aromatic heterocycles. The highest BCUT2D eigenvalue weighted by atomic mass is 16.1. The van der Waals surface area contributed by atoms with Crippen molar-refractivity contribution in [2.24, 2.45) is 10.7 Å². The summed E-state index contributed by atoms with van der Waals surface area (Å²) in [4.78, 5) is 21.9. The molecular formula is C7H9N5O. The Kier molecular flexibility index (Phi) is 2.91. The highest BCUT2D eigenvalue weighted by Crippen LogP contribution is 1.97. The molecule has 0 unspecified atom stereocenters. The lowest BCUT2D eigenvalue weighted by molar-refractivity contribution is -0.117. The van der Waals surface area contributed by atoms with Crippen LogP contribution >= 0.6 is 0 Å². The number of guanidine groups is 1. The van der Waals surface area contributed by atoms with Gasteiger partial charge < -0.3 is 5.73 Å². The molecule has 0 radical (unpaired) electrons. The van der Waals surface area contributed by atoms with E-state index in [0.717, 1.165) is 0 Å². The van der Waals surface area contributed by atoms with Gasteiger partial charge in [-0.2, -0.15) is 4.99 Å². The van der Waals surface area contributed by atoms with E-state index < -0.39 is 0 Å². The predicted molar refractivity (Wildman–Crippen MR) is 47.1 cm³/mol. The smallest absolute Gasteiger partial charge is 0.252 e. The number of nitrogens with two attached hydrogens (primary N) is 1. The number of carbonyl (C=O) groups excluding carboxylic acids is 1. The van der Waals surface area contributed by atoms with Gasteiger partial charge in [-0.15, -0.1) is 0 Å². The van der Waals surface area contributed by atoms with E-state index in [2.05, 4.69) is 20.3 Å². The summed E-state index contributed by atoms with van der Waals surface area (Å²) in [5, 5.41) is 2.30. The van der Waals surface area contributed by atoms with Gasteiger partial charge >= 0.3 is 0 Å². The van der Waals surface area contributed by atoms with E-state index >= 15 is 0 Å². The molecule has 0 spiro atoms. The molecule has 0 aliphatic rings. The van der Waals surface area contributed by atoms with Crippen LogP contribution in [0.4, 0.5) is 5.95 Å². The second-order valence-electron chi connectivity index (χ2n) is 2.23. The molecule has 3 N–H and O–H groups in total. The van der Waals surface area contributed by atoms with Crippen molar-refractivity contribution in [3.8, 4) is 0 Å². The summed E-state index contributed by atoms with van der Waals surface area (Å²) in [6, 6.07) is 1.66. The van der Waals surface area contributed by atoms with Crippen molar-refractivity contribution in [2.45, 2.75) is 6.92 Å². The number of hydrogen-bond acceptors (Lipinski definition) is 4. The lowest BCUT2D eigenvalue weighted by Crippen LogP contribution is -2.34. The van der Waals surface area contributed by atoms with E-state index in [-0.39, 0.29) is 17.8 Å². The van der Waals surface area contributed by atoms with Crippen LogP contribution in [-0.4, -0.2) is 21.8 Å². The van der Waals surface area contributed by atoms with E-state index in [0.29, 0.717) is 0 Å². The molecule has 1 heterocycles. The van der Waals surface area contributed by atoms with Crippen molar-refractivity contribution >= 4 is 17.8 Å². The summed E-state index contributed by atoms with van der Waals surface area (Å²) in [6.07, 6.45) is 3.07. The molecule has 0 aliphatic heterocycles. The Morgan fingerprint density at radius 2 is 2.15 bits per heavy atom. The van der Waals surface area contributed by atoms with Crippen LogP contribution < -0.4 is 11.1 Å². The summed E-state index contributed by atoms with van der Waals surface area (Å²) in [7, 11) is 0. The first-order chi connectivity index (χ1) is 6.18. The van der Waals surface area contributed by atoms with Gasteiger partial charge in [-0.3, -0.25) is 10.1 Å². The van der Waals surface area contributed by atoms with Crippen molar-refractivity contribution < 1.29 is 4.79 Å². The van der Waals surface area contributed by atoms with E-state index in [1.54, 1.807) is 6.07 Å². The van der Waals surface area contributed by atoms with Crippen molar-refractivity contribution in [3.63, 3.8) is 0 Å². The van der Waals surface area contributed by atoms with Crippen LogP contribution in [0.3, 0.4) is 0 Å². The Morgan fingerprint density at radius 1 is 1.54 bits per heavy atom. The van der Waals surface area contributed by atoms with Gasteiger partial charge in [-0.25, -0.2) is 9.97 Å². The molecule has 1 amide bonds. The topological polar surface area (TPSA) is 93.3 Å². The Labute approximate surface area is 74.9 Å². The average Bonchev–Trinajstić information content (AvgIpc) is 2.04. The number of aliphatic imine (C=N–C) groups is 1. The quantitative estimate of drug-likeness (QED) is 0.451. The molecule has 0 saturated heterocycles. The lowest BCUT2D eigenvalue weighted by atomic mass is 10.7. The Hall–Kier alpha value is -1.98. The van der Waals surface area contributed by atoms with Crippen LogP contribution in [0.2, 0.25) is 0 Å². The molecule has 1 rings (SSSR count). The largest absolute Gasteiger partial charge is 0.369 e. The summed E-state index contributed by atoms with van der Waals surface area (Å²) < 4.78 is 0. The van der Waals surface area contributed by atoms with Gasteiger partial charge in [0, 0.05) is 19.3 Å². The summed E-state index contributed by atoms with van der Waals surface area (Å²) in [5.41, 5.74) is 5.34. The van der Waals surface area contributed by atoms with Gasteiger partial charge in [0.15, 0.2) is 0 Å². The Morgan fingerprint density at radius 3 is 2.69 bits per heavy atom. The molecule has 0 atom stereocenters. The number of amides is 1. The molecule has 68 valence electrons. The zero-order valence-corrected chi connectivity index (χ0v) is 7.06. The van der Waals surface area contributed by atoms with Crippen molar-refractivity contribution in [1.29, 1.82) is 0 Å². The second kappa shape index (κ2) is 4.15. The van der Waals surface area contributed by atoms with Crippen LogP contribution in [0.5, 0.6) is 0 Å². The maximum atomic E-state index is 10.5. The minimum atomic E-state index is -0.280.